The molecule has 0 aliphatic carbocycles. The van der Waals surface area contributed by atoms with Gasteiger partial charge in [-0.2, -0.15) is 0 Å². The first-order valence-corrected chi connectivity index (χ1v) is 6.37. The van der Waals surface area contributed by atoms with E-state index in [1.54, 1.807) is 13.4 Å². The van der Waals surface area contributed by atoms with Crippen molar-refractivity contribution in [3.8, 4) is 5.75 Å². The number of ether oxygens (including phenoxy) is 5. The summed E-state index contributed by atoms with van der Waals surface area (Å²) in [7, 11) is 1.58. The van der Waals surface area contributed by atoms with Gasteiger partial charge < -0.3 is 23.7 Å². The zero-order chi connectivity index (χ0) is 14.0. The average molecular weight is 463 g/mol. The van der Waals surface area contributed by atoms with Gasteiger partial charge in [-0.3, -0.25) is 0 Å². The van der Waals surface area contributed by atoms with E-state index in [1.807, 2.05) is 30.3 Å². The van der Waals surface area contributed by atoms with Gasteiger partial charge in [-0.05, 0) is 23.8 Å². The Kier molecular flexibility index (Phi) is 9.35. The fourth-order valence-corrected chi connectivity index (χ4v) is 1.53. The Morgan fingerprint density at radius 2 is 1.95 bits per heavy atom. The van der Waals surface area contributed by atoms with Gasteiger partial charge in [0.1, 0.15) is 5.75 Å². The Labute approximate surface area is 139 Å². The zero-order valence-electron chi connectivity index (χ0n) is 11.9. The minimum Gasteiger partial charge on any atom is -0.475 e. The molecule has 0 unspecified atom stereocenters. The summed E-state index contributed by atoms with van der Waals surface area (Å²) in [6.07, 6.45) is 3.45. The quantitative estimate of drug-likeness (QED) is 0.244. The summed E-state index contributed by atoms with van der Waals surface area (Å²) in [5, 5.41) is 0. The monoisotopic (exact) mass is 463 g/mol. The van der Waals surface area contributed by atoms with Crippen molar-refractivity contribution in [3.05, 3.63) is 42.0 Å². The van der Waals surface area contributed by atoms with Crippen LogP contribution in [0.5, 0.6) is 5.75 Å². The van der Waals surface area contributed by atoms with Gasteiger partial charge in [0, 0.05) is 28.2 Å². The van der Waals surface area contributed by atoms with E-state index in [9.17, 15) is 0 Å². The van der Waals surface area contributed by atoms with Crippen molar-refractivity contribution in [2.45, 2.75) is 0 Å². The van der Waals surface area contributed by atoms with Gasteiger partial charge in [0.15, 0.2) is 13.6 Å². The summed E-state index contributed by atoms with van der Waals surface area (Å²) in [5.74, 6) is 2.04. The number of hydrogen-bond acceptors (Lipinski definition) is 5. The first-order valence-electron chi connectivity index (χ1n) is 6.37. The van der Waals surface area contributed by atoms with Crippen molar-refractivity contribution in [3.63, 3.8) is 0 Å². The molecule has 1 aromatic carbocycles. The molecule has 1 aliphatic heterocycles. The SMILES string of the molecule is COCOC=Cc1ccc(OCOC[C-]2COC2)cc1.[W]. The van der Waals surface area contributed by atoms with Crippen LogP contribution in [0, 0.1) is 5.92 Å². The number of methoxy groups -OCH3 is 1. The molecule has 2 rings (SSSR count). The molecule has 6 heteroatoms. The first-order chi connectivity index (χ1) is 9.88. The second-order valence-electron chi connectivity index (χ2n) is 4.30. The summed E-state index contributed by atoms with van der Waals surface area (Å²) in [6.45, 7) is 2.53. The minimum absolute atomic E-state index is 0. The minimum atomic E-state index is 0. The molecule has 0 N–H and O–H groups in total. The summed E-state index contributed by atoms with van der Waals surface area (Å²) >= 11 is 0. The molecular weight excluding hydrogens is 444 g/mol. The third-order valence-electron chi connectivity index (χ3n) is 2.65. The molecule has 0 radical (unpaired) electrons. The van der Waals surface area contributed by atoms with Crippen LogP contribution in [0.15, 0.2) is 30.5 Å². The second kappa shape index (κ2) is 10.8. The van der Waals surface area contributed by atoms with Crippen molar-refractivity contribution >= 4 is 6.08 Å². The molecule has 116 valence electrons. The molecule has 1 aliphatic rings. The van der Waals surface area contributed by atoms with Gasteiger partial charge in [-0.1, -0.05) is 32.0 Å². The maximum absolute atomic E-state index is 5.47. The Bertz CT molecular complexity index is 403. The molecule has 0 amide bonds. The molecule has 1 fully saturated rings. The van der Waals surface area contributed by atoms with Crippen LogP contribution in [0.25, 0.3) is 6.08 Å². The molecule has 21 heavy (non-hydrogen) atoms. The standard InChI is InChI=1S/C15H19O5.W/c1-16-11-17-7-6-13-2-4-15(5-3-13)20-12-19-10-14-8-18-9-14;/h2-7H,8-12H2,1H3;/q-1;. The average Bonchev–Trinajstić information content (AvgIpc) is 2.43. The van der Waals surface area contributed by atoms with Crippen molar-refractivity contribution < 1.29 is 44.7 Å². The Hall–Kier alpha value is -0.872. The van der Waals surface area contributed by atoms with Crippen LogP contribution in [-0.4, -0.2) is 40.5 Å². The van der Waals surface area contributed by atoms with Crippen molar-refractivity contribution in [2.24, 2.45) is 0 Å². The molecule has 0 atom stereocenters. The smallest absolute Gasteiger partial charge is 0.187 e. The van der Waals surface area contributed by atoms with Crippen LogP contribution in [0.4, 0.5) is 0 Å². The van der Waals surface area contributed by atoms with E-state index in [2.05, 4.69) is 0 Å². The van der Waals surface area contributed by atoms with E-state index >= 15 is 0 Å². The van der Waals surface area contributed by atoms with Gasteiger partial charge in [0.25, 0.3) is 0 Å². The Balaban J connectivity index is 0.00000220. The van der Waals surface area contributed by atoms with E-state index in [1.165, 1.54) is 5.92 Å². The normalized spacial score (nSPS) is 14.5. The topological polar surface area (TPSA) is 46.2 Å². The largest absolute Gasteiger partial charge is 0.475 e. The molecule has 5 nitrogen and oxygen atoms in total. The zero-order valence-corrected chi connectivity index (χ0v) is 14.9. The number of benzene rings is 1. The van der Waals surface area contributed by atoms with Gasteiger partial charge in [-0.15, -0.1) is 0 Å². The van der Waals surface area contributed by atoms with Crippen LogP contribution in [-0.2, 0) is 40.0 Å². The van der Waals surface area contributed by atoms with Gasteiger partial charge in [-0.25, -0.2) is 5.92 Å². The van der Waals surface area contributed by atoms with E-state index in [0.29, 0.717) is 19.8 Å². The van der Waals surface area contributed by atoms with Crippen LogP contribution in [0.2, 0.25) is 0 Å². The van der Waals surface area contributed by atoms with Crippen LogP contribution in [0.3, 0.4) is 0 Å². The molecule has 0 aromatic heterocycles. The van der Waals surface area contributed by atoms with Crippen molar-refractivity contribution in [2.75, 3.05) is 40.5 Å². The maximum atomic E-state index is 5.47. The fourth-order valence-electron chi connectivity index (χ4n) is 1.53. The number of rotatable bonds is 9. The van der Waals surface area contributed by atoms with Crippen LogP contribution < -0.4 is 4.74 Å². The Morgan fingerprint density at radius 3 is 2.57 bits per heavy atom. The third kappa shape index (κ3) is 7.09. The molecule has 1 heterocycles. The van der Waals surface area contributed by atoms with Gasteiger partial charge in [0.05, 0.1) is 6.26 Å². The molecular formula is C15H19O5W-. The van der Waals surface area contributed by atoms with E-state index in [4.69, 9.17) is 23.7 Å². The summed E-state index contributed by atoms with van der Waals surface area (Å²) < 4.78 is 25.7. The van der Waals surface area contributed by atoms with E-state index in [-0.39, 0.29) is 34.7 Å². The number of hydrogen-bond donors (Lipinski definition) is 0. The molecule has 0 spiro atoms. The summed E-state index contributed by atoms with van der Waals surface area (Å²) in [4.78, 5) is 0. The van der Waals surface area contributed by atoms with E-state index < -0.39 is 0 Å². The third-order valence-corrected chi connectivity index (χ3v) is 2.65. The van der Waals surface area contributed by atoms with Crippen LogP contribution in [0.1, 0.15) is 5.56 Å². The maximum Gasteiger partial charge on any atom is 0.187 e. The summed E-state index contributed by atoms with van der Waals surface area (Å²) in [6, 6.07) is 7.66. The molecule has 0 saturated carbocycles. The summed E-state index contributed by atoms with van der Waals surface area (Å²) in [5.41, 5.74) is 1.02. The fraction of sp³-hybridized carbons (Fsp3) is 0.400. The first kappa shape index (κ1) is 18.2. The van der Waals surface area contributed by atoms with Gasteiger partial charge >= 0.3 is 0 Å². The van der Waals surface area contributed by atoms with Crippen LogP contribution >= 0.6 is 0 Å². The van der Waals surface area contributed by atoms with Crippen molar-refractivity contribution in [1.29, 1.82) is 0 Å². The predicted molar refractivity (Wildman–Crippen MR) is 73.9 cm³/mol. The Morgan fingerprint density at radius 1 is 1.19 bits per heavy atom. The van der Waals surface area contributed by atoms with Crippen molar-refractivity contribution in [1.82, 2.24) is 0 Å². The van der Waals surface area contributed by atoms with Gasteiger partial charge in [0.2, 0.25) is 0 Å². The second-order valence-corrected chi connectivity index (χ2v) is 4.30. The molecule has 0 bridgehead atoms. The molecule has 1 saturated heterocycles. The predicted octanol–water partition coefficient (Wildman–Crippen LogP) is 2.23. The van der Waals surface area contributed by atoms with E-state index in [0.717, 1.165) is 11.3 Å². The molecule has 1 aromatic rings.